The van der Waals surface area contributed by atoms with Crippen molar-refractivity contribution in [2.75, 3.05) is 6.54 Å². The first-order valence-electron chi connectivity index (χ1n) is 4.52. The largest absolute Gasteiger partial charge is 0.352 e. The molecule has 1 aromatic rings. The molecule has 0 bridgehead atoms. The molecule has 0 unspecified atom stereocenters. The molecule has 0 aliphatic carbocycles. The van der Waals surface area contributed by atoms with Crippen LogP contribution in [0.1, 0.15) is 28.2 Å². The van der Waals surface area contributed by atoms with Crippen LogP contribution >= 0.6 is 0 Å². The first-order valence-corrected chi connectivity index (χ1v) is 4.52. The minimum atomic E-state index is 0.0139. The quantitative estimate of drug-likeness (QED) is 0.642. The monoisotopic (exact) mass is 176 g/mol. The zero-order valence-electron chi connectivity index (χ0n) is 7.63. The molecule has 0 radical (unpaired) electrons. The third-order valence-electron chi connectivity index (χ3n) is 2.23. The maximum absolute atomic E-state index is 11.5. The smallest absolute Gasteiger partial charge is 0.253 e. The Morgan fingerprint density at radius 3 is 3.15 bits per heavy atom. The van der Waals surface area contributed by atoms with Gasteiger partial charge in [0.2, 0.25) is 0 Å². The number of aryl methyl sites for hydroxylation is 2. The molecule has 0 saturated carbocycles. The van der Waals surface area contributed by atoms with Gasteiger partial charge in [0.05, 0.1) is 11.3 Å². The second-order valence-electron chi connectivity index (χ2n) is 3.31. The predicted molar refractivity (Wildman–Crippen MR) is 49.6 cm³/mol. The van der Waals surface area contributed by atoms with Crippen molar-refractivity contribution in [2.45, 2.75) is 19.8 Å². The number of carbonyl (C=O) groups excluding carboxylic acids is 1. The van der Waals surface area contributed by atoms with Crippen molar-refractivity contribution in [2.24, 2.45) is 0 Å². The average Bonchev–Trinajstić information content (AvgIpc) is 2.28. The normalized spacial score (nSPS) is 15.9. The Morgan fingerprint density at radius 1 is 1.46 bits per heavy atom. The van der Waals surface area contributed by atoms with E-state index >= 15 is 0 Å². The van der Waals surface area contributed by atoms with Crippen LogP contribution in [0.15, 0.2) is 12.1 Å². The molecule has 68 valence electrons. The zero-order chi connectivity index (χ0) is 9.26. The number of nitrogens with one attached hydrogen (secondary N) is 1. The summed E-state index contributed by atoms with van der Waals surface area (Å²) in [6, 6.07) is 3.74. The molecule has 1 amide bonds. The van der Waals surface area contributed by atoms with Gasteiger partial charge in [-0.3, -0.25) is 9.78 Å². The van der Waals surface area contributed by atoms with E-state index in [4.69, 9.17) is 0 Å². The van der Waals surface area contributed by atoms with E-state index in [-0.39, 0.29) is 5.91 Å². The summed E-state index contributed by atoms with van der Waals surface area (Å²) in [6.45, 7) is 2.71. The number of amides is 1. The Bertz CT molecular complexity index is 347. The molecule has 0 spiro atoms. The fraction of sp³-hybridized carbons (Fsp3) is 0.400. The number of aromatic nitrogens is 1. The standard InChI is InChI=1S/C10H12N2O/c1-7-4-5-8-9(12-7)3-2-6-11-10(8)13/h4-5H,2-3,6H2,1H3,(H,11,13). The predicted octanol–water partition coefficient (Wildman–Crippen LogP) is 1.07. The molecule has 3 heteroatoms. The summed E-state index contributed by atoms with van der Waals surface area (Å²) in [4.78, 5) is 15.8. The SMILES string of the molecule is Cc1ccc2c(n1)CCCNC2=O. The topological polar surface area (TPSA) is 42.0 Å². The molecular weight excluding hydrogens is 164 g/mol. The van der Waals surface area contributed by atoms with E-state index in [0.717, 1.165) is 36.3 Å². The van der Waals surface area contributed by atoms with Gasteiger partial charge < -0.3 is 5.32 Å². The van der Waals surface area contributed by atoms with E-state index in [1.54, 1.807) is 0 Å². The van der Waals surface area contributed by atoms with Crippen molar-refractivity contribution in [3.63, 3.8) is 0 Å². The lowest BCUT2D eigenvalue weighted by molar-refractivity contribution is 0.0956. The van der Waals surface area contributed by atoms with Gasteiger partial charge in [-0.25, -0.2) is 0 Å². The van der Waals surface area contributed by atoms with Crippen molar-refractivity contribution in [3.8, 4) is 0 Å². The molecular formula is C10H12N2O. The fourth-order valence-electron chi connectivity index (χ4n) is 1.56. The third kappa shape index (κ3) is 1.54. The van der Waals surface area contributed by atoms with Gasteiger partial charge >= 0.3 is 0 Å². The molecule has 2 rings (SSSR count). The van der Waals surface area contributed by atoms with E-state index in [9.17, 15) is 4.79 Å². The summed E-state index contributed by atoms with van der Waals surface area (Å²) in [6.07, 6.45) is 1.88. The lowest BCUT2D eigenvalue weighted by Crippen LogP contribution is -2.22. The summed E-state index contributed by atoms with van der Waals surface area (Å²) >= 11 is 0. The van der Waals surface area contributed by atoms with Crippen LogP contribution in [0.5, 0.6) is 0 Å². The van der Waals surface area contributed by atoms with Gasteiger partial charge in [0, 0.05) is 12.2 Å². The maximum atomic E-state index is 11.5. The summed E-state index contributed by atoms with van der Waals surface area (Å²) in [5, 5.41) is 2.84. The molecule has 0 atom stereocenters. The van der Waals surface area contributed by atoms with Gasteiger partial charge in [-0.05, 0) is 31.9 Å². The van der Waals surface area contributed by atoms with E-state index in [2.05, 4.69) is 10.3 Å². The zero-order valence-corrected chi connectivity index (χ0v) is 7.63. The molecule has 0 fully saturated rings. The van der Waals surface area contributed by atoms with Gasteiger partial charge in [0.25, 0.3) is 5.91 Å². The van der Waals surface area contributed by atoms with E-state index in [1.165, 1.54) is 0 Å². The molecule has 1 aliphatic rings. The second kappa shape index (κ2) is 3.17. The molecule has 0 saturated heterocycles. The number of pyridine rings is 1. The molecule has 3 nitrogen and oxygen atoms in total. The highest BCUT2D eigenvalue weighted by atomic mass is 16.1. The lowest BCUT2D eigenvalue weighted by atomic mass is 10.1. The minimum absolute atomic E-state index is 0.0139. The van der Waals surface area contributed by atoms with Gasteiger partial charge in [-0.1, -0.05) is 0 Å². The molecule has 1 N–H and O–H groups in total. The number of hydrogen-bond acceptors (Lipinski definition) is 2. The number of nitrogens with zero attached hydrogens (tertiary/aromatic N) is 1. The van der Waals surface area contributed by atoms with E-state index in [1.807, 2.05) is 19.1 Å². The molecule has 1 aromatic heterocycles. The van der Waals surface area contributed by atoms with Gasteiger partial charge in [0.15, 0.2) is 0 Å². The van der Waals surface area contributed by atoms with Crippen molar-refractivity contribution in [1.29, 1.82) is 0 Å². The number of fused-ring (bicyclic) bond motifs is 1. The maximum Gasteiger partial charge on any atom is 0.253 e. The first kappa shape index (κ1) is 8.23. The first-order chi connectivity index (χ1) is 6.27. The third-order valence-corrected chi connectivity index (χ3v) is 2.23. The Labute approximate surface area is 77.2 Å². The number of hydrogen-bond donors (Lipinski definition) is 1. The van der Waals surface area contributed by atoms with Crippen molar-refractivity contribution in [3.05, 3.63) is 29.1 Å². The molecule has 13 heavy (non-hydrogen) atoms. The Balaban J connectivity index is 2.48. The Morgan fingerprint density at radius 2 is 2.31 bits per heavy atom. The highest BCUT2D eigenvalue weighted by Gasteiger charge is 2.15. The van der Waals surface area contributed by atoms with Gasteiger partial charge in [0.1, 0.15) is 0 Å². The van der Waals surface area contributed by atoms with E-state index < -0.39 is 0 Å². The number of carbonyl (C=O) groups is 1. The lowest BCUT2D eigenvalue weighted by Gasteiger charge is -2.03. The number of rotatable bonds is 0. The van der Waals surface area contributed by atoms with Crippen LogP contribution in [-0.4, -0.2) is 17.4 Å². The summed E-state index contributed by atoms with van der Waals surface area (Å²) < 4.78 is 0. The second-order valence-corrected chi connectivity index (χ2v) is 3.31. The Hall–Kier alpha value is -1.38. The summed E-state index contributed by atoms with van der Waals surface area (Å²) in [5.74, 6) is 0.0139. The molecule has 1 aliphatic heterocycles. The summed E-state index contributed by atoms with van der Waals surface area (Å²) in [5.41, 5.74) is 2.66. The molecule has 0 aromatic carbocycles. The average molecular weight is 176 g/mol. The highest BCUT2D eigenvalue weighted by molar-refractivity contribution is 5.95. The molecule has 2 heterocycles. The fourth-order valence-corrected chi connectivity index (χ4v) is 1.56. The summed E-state index contributed by atoms with van der Waals surface area (Å²) in [7, 11) is 0. The van der Waals surface area contributed by atoms with Crippen LogP contribution in [0.4, 0.5) is 0 Å². The minimum Gasteiger partial charge on any atom is -0.352 e. The van der Waals surface area contributed by atoms with Gasteiger partial charge in [-0.15, -0.1) is 0 Å². The Kier molecular flexibility index (Phi) is 2.00. The van der Waals surface area contributed by atoms with Crippen LogP contribution in [-0.2, 0) is 6.42 Å². The van der Waals surface area contributed by atoms with Crippen LogP contribution in [0.25, 0.3) is 0 Å². The van der Waals surface area contributed by atoms with Crippen LogP contribution in [0.2, 0.25) is 0 Å². The van der Waals surface area contributed by atoms with Crippen LogP contribution < -0.4 is 5.32 Å². The highest BCUT2D eigenvalue weighted by Crippen LogP contribution is 2.12. The van der Waals surface area contributed by atoms with Crippen molar-refractivity contribution >= 4 is 5.91 Å². The van der Waals surface area contributed by atoms with Crippen LogP contribution in [0.3, 0.4) is 0 Å². The van der Waals surface area contributed by atoms with E-state index in [0.29, 0.717) is 0 Å². The van der Waals surface area contributed by atoms with Gasteiger partial charge in [-0.2, -0.15) is 0 Å². The van der Waals surface area contributed by atoms with Crippen molar-refractivity contribution < 1.29 is 4.79 Å². The van der Waals surface area contributed by atoms with Crippen molar-refractivity contribution in [1.82, 2.24) is 10.3 Å². The van der Waals surface area contributed by atoms with Crippen LogP contribution in [0, 0.1) is 6.92 Å².